The Kier molecular flexibility index (Phi) is 5.25. The van der Waals surface area contributed by atoms with Crippen LogP contribution in [0.1, 0.15) is 31.0 Å². The largest absolute Gasteiger partial charge is 0.393 e. The van der Waals surface area contributed by atoms with Crippen LogP contribution in [0.25, 0.3) is 0 Å². The third-order valence-electron chi connectivity index (χ3n) is 4.23. The quantitative estimate of drug-likeness (QED) is 0.766. The van der Waals surface area contributed by atoms with Crippen LogP contribution in [0.2, 0.25) is 0 Å². The lowest BCUT2D eigenvalue weighted by atomic mass is 10.0. The SMILES string of the molecule is CC(O)Cc1cn(CC(=O)NC(Cc2ccccc2)C2CC2)nn1. The highest BCUT2D eigenvalue weighted by molar-refractivity contribution is 5.76. The molecule has 0 bridgehead atoms. The van der Waals surface area contributed by atoms with E-state index >= 15 is 0 Å². The molecule has 1 heterocycles. The average Bonchev–Trinajstić information content (AvgIpc) is 3.30. The van der Waals surface area contributed by atoms with Gasteiger partial charge in [0.1, 0.15) is 6.54 Å². The first-order chi connectivity index (χ1) is 11.6. The van der Waals surface area contributed by atoms with Gasteiger partial charge in [-0.1, -0.05) is 35.5 Å². The molecule has 0 spiro atoms. The fourth-order valence-electron chi connectivity index (χ4n) is 2.91. The van der Waals surface area contributed by atoms with Crippen molar-refractivity contribution in [2.75, 3.05) is 0 Å². The van der Waals surface area contributed by atoms with Crippen molar-refractivity contribution < 1.29 is 9.90 Å². The highest BCUT2D eigenvalue weighted by atomic mass is 16.3. The number of aliphatic hydroxyl groups is 1. The van der Waals surface area contributed by atoms with Crippen molar-refractivity contribution in [1.82, 2.24) is 20.3 Å². The maximum absolute atomic E-state index is 12.3. The lowest BCUT2D eigenvalue weighted by Crippen LogP contribution is -2.40. The normalized spacial score (nSPS) is 16.6. The number of hydrogen-bond donors (Lipinski definition) is 2. The van der Waals surface area contributed by atoms with E-state index in [0.717, 1.165) is 6.42 Å². The van der Waals surface area contributed by atoms with Crippen LogP contribution in [0.4, 0.5) is 0 Å². The first kappa shape index (κ1) is 16.6. The van der Waals surface area contributed by atoms with Crippen molar-refractivity contribution in [3.05, 3.63) is 47.8 Å². The number of carbonyl (C=O) groups is 1. The van der Waals surface area contributed by atoms with Crippen LogP contribution in [-0.4, -0.2) is 38.2 Å². The van der Waals surface area contributed by atoms with Crippen LogP contribution in [0, 0.1) is 5.92 Å². The lowest BCUT2D eigenvalue weighted by Gasteiger charge is -2.18. The second-order valence-electron chi connectivity index (χ2n) is 6.66. The van der Waals surface area contributed by atoms with Crippen LogP contribution >= 0.6 is 0 Å². The van der Waals surface area contributed by atoms with E-state index in [4.69, 9.17) is 0 Å². The molecule has 1 aromatic carbocycles. The molecule has 2 N–H and O–H groups in total. The van der Waals surface area contributed by atoms with Gasteiger partial charge in [-0.25, -0.2) is 4.68 Å². The zero-order valence-corrected chi connectivity index (χ0v) is 13.9. The number of rotatable bonds is 8. The molecule has 1 fully saturated rings. The van der Waals surface area contributed by atoms with Gasteiger partial charge in [-0.2, -0.15) is 0 Å². The summed E-state index contributed by atoms with van der Waals surface area (Å²) in [5.41, 5.74) is 1.94. The number of carbonyl (C=O) groups excluding carboxylic acids is 1. The van der Waals surface area contributed by atoms with Gasteiger partial charge in [0.15, 0.2) is 0 Å². The summed E-state index contributed by atoms with van der Waals surface area (Å²) in [7, 11) is 0. The summed E-state index contributed by atoms with van der Waals surface area (Å²) in [5.74, 6) is 0.534. The zero-order valence-electron chi connectivity index (χ0n) is 13.9. The molecule has 2 atom stereocenters. The first-order valence-corrected chi connectivity index (χ1v) is 8.50. The van der Waals surface area contributed by atoms with E-state index in [1.54, 1.807) is 13.1 Å². The summed E-state index contributed by atoms with van der Waals surface area (Å²) in [6, 6.07) is 10.4. The molecular formula is C18H24N4O2. The Morgan fingerprint density at radius 3 is 2.75 bits per heavy atom. The predicted octanol–water partition coefficient (Wildman–Crippen LogP) is 1.34. The van der Waals surface area contributed by atoms with E-state index in [1.165, 1.54) is 23.1 Å². The van der Waals surface area contributed by atoms with Gasteiger partial charge in [0.05, 0.1) is 11.8 Å². The third-order valence-corrected chi connectivity index (χ3v) is 4.23. The standard InChI is InChI=1S/C18H24N4O2/c1-13(23)9-16-11-22(21-20-16)12-18(24)19-17(15-7-8-15)10-14-5-3-2-4-6-14/h2-6,11,13,15,17,23H,7-10,12H2,1H3,(H,19,24). The van der Waals surface area contributed by atoms with Crippen LogP contribution in [0.3, 0.4) is 0 Å². The Hall–Kier alpha value is -2.21. The fraction of sp³-hybridized carbons (Fsp3) is 0.500. The molecule has 0 saturated heterocycles. The zero-order chi connectivity index (χ0) is 16.9. The molecule has 3 rings (SSSR count). The minimum Gasteiger partial charge on any atom is -0.393 e. The van der Waals surface area contributed by atoms with Gasteiger partial charge in [0, 0.05) is 18.7 Å². The molecule has 6 heteroatoms. The van der Waals surface area contributed by atoms with Crippen LogP contribution in [0.5, 0.6) is 0 Å². The first-order valence-electron chi connectivity index (χ1n) is 8.50. The van der Waals surface area contributed by atoms with Gasteiger partial charge < -0.3 is 10.4 Å². The molecular weight excluding hydrogens is 304 g/mol. The van der Waals surface area contributed by atoms with Crippen LogP contribution < -0.4 is 5.32 Å². The monoisotopic (exact) mass is 328 g/mol. The maximum Gasteiger partial charge on any atom is 0.242 e. The smallest absolute Gasteiger partial charge is 0.242 e. The summed E-state index contributed by atoms with van der Waals surface area (Å²) < 4.78 is 1.53. The number of aromatic nitrogens is 3. The molecule has 1 aromatic heterocycles. The Balaban J connectivity index is 1.55. The van der Waals surface area contributed by atoms with Gasteiger partial charge in [-0.15, -0.1) is 5.10 Å². The fourth-order valence-corrected chi connectivity index (χ4v) is 2.91. The summed E-state index contributed by atoms with van der Waals surface area (Å²) in [4.78, 5) is 12.3. The van der Waals surface area contributed by atoms with Crippen LogP contribution in [0.15, 0.2) is 36.5 Å². The molecule has 24 heavy (non-hydrogen) atoms. The van der Waals surface area contributed by atoms with E-state index in [9.17, 15) is 9.90 Å². The van der Waals surface area contributed by atoms with E-state index in [2.05, 4.69) is 27.8 Å². The number of amides is 1. The molecule has 0 radical (unpaired) electrons. The second-order valence-corrected chi connectivity index (χ2v) is 6.66. The number of aliphatic hydroxyl groups excluding tert-OH is 1. The van der Waals surface area contributed by atoms with E-state index < -0.39 is 6.10 Å². The predicted molar refractivity (Wildman–Crippen MR) is 90.2 cm³/mol. The number of hydrogen-bond acceptors (Lipinski definition) is 4. The molecule has 0 aliphatic heterocycles. The molecule has 1 aliphatic rings. The van der Waals surface area contributed by atoms with Crippen molar-refractivity contribution in [3.8, 4) is 0 Å². The summed E-state index contributed by atoms with van der Waals surface area (Å²) in [6.45, 7) is 1.86. The Morgan fingerprint density at radius 2 is 2.08 bits per heavy atom. The molecule has 1 aliphatic carbocycles. The van der Waals surface area contributed by atoms with E-state index in [0.29, 0.717) is 18.0 Å². The van der Waals surface area contributed by atoms with Crippen LogP contribution in [-0.2, 0) is 24.2 Å². The van der Waals surface area contributed by atoms with Gasteiger partial charge in [-0.05, 0) is 37.7 Å². The number of benzene rings is 1. The van der Waals surface area contributed by atoms with Gasteiger partial charge in [0.2, 0.25) is 5.91 Å². The van der Waals surface area contributed by atoms with Crippen molar-refractivity contribution in [3.63, 3.8) is 0 Å². The van der Waals surface area contributed by atoms with Crippen molar-refractivity contribution in [1.29, 1.82) is 0 Å². The summed E-state index contributed by atoms with van der Waals surface area (Å²) in [5, 5.41) is 20.4. The molecule has 1 saturated carbocycles. The molecule has 128 valence electrons. The Bertz CT molecular complexity index is 665. The van der Waals surface area contributed by atoms with Crippen molar-refractivity contribution in [2.45, 2.75) is 51.3 Å². The minimum absolute atomic E-state index is 0.0451. The van der Waals surface area contributed by atoms with Gasteiger partial charge >= 0.3 is 0 Å². The molecule has 2 unspecified atom stereocenters. The lowest BCUT2D eigenvalue weighted by molar-refractivity contribution is -0.122. The number of nitrogens with one attached hydrogen (secondary N) is 1. The highest BCUT2D eigenvalue weighted by Crippen LogP contribution is 2.34. The molecule has 1 amide bonds. The van der Waals surface area contributed by atoms with Gasteiger partial charge in [-0.3, -0.25) is 4.79 Å². The van der Waals surface area contributed by atoms with Gasteiger partial charge in [0.25, 0.3) is 0 Å². The maximum atomic E-state index is 12.3. The third kappa shape index (κ3) is 4.89. The summed E-state index contributed by atoms with van der Waals surface area (Å²) >= 11 is 0. The van der Waals surface area contributed by atoms with Crippen molar-refractivity contribution in [2.24, 2.45) is 5.92 Å². The Labute approximate surface area is 141 Å². The van der Waals surface area contributed by atoms with E-state index in [-0.39, 0.29) is 18.5 Å². The topological polar surface area (TPSA) is 80.0 Å². The minimum atomic E-state index is -0.464. The van der Waals surface area contributed by atoms with Crippen molar-refractivity contribution >= 4 is 5.91 Å². The average molecular weight is 328 g/mol. The van der Waals surface area contributed by atoms with E-state index in [1.807, 2.05) is 18.2 Å². The second kappa shape index (κ2) is 7.57. The molecule has 2 aromatic rings. The Morgan fingerprint density at radius 1 is 1.33 bits per heavy atom. The number of nitrogens with zero attached hydrogens (tertiary/aromatic N) is 3. The summed E-state index contributed by atoms with van der Waals surface area (Å²) in [6.07, 6.45) is 4.92. The highest BCUT2D eigenvalue weighted by Gasteiger charge is 2.32. The molecule has 6 nitrogen and oxygen atoms in total.